The van der Waals surface area contributed by atoms with E-state index in [0.29, 0.717) is 6.42 Å². The van der Waals surface area contributed by atoms with Crippen LogP contribution in [0.2, 0.25) is 0 Å². The summed E-state index contributed by atoms with van der Waals surface area (Å²) in [7, 11) is 1.21. The van der Waals surface area contributed by atoms with Crippen LogP contribution in [0.4, 0.5) is 0 Å². The Labute approximate surface area is 378 Å². The number of fused-ring (bicyclic) bond motifs is 4. The number of benzene rings is 2. The third-order valence-corrected chi connectivity index (χ3v) is 12.1. The number of aliphatic imine (C=N–C) groups is 2. The van der Waals surface area contributed by atoms with Crippen LogP contribution in [0.25, 0.3) is 11.1 Å². The first-order valence-electron chi connectivity index (χ1n) is 22.2. The van der Waals surface area contributed by atoms with Crippen molar-refractivity contribution in [1.29, 1.82) is 0 Å². The standard InChI is InChI=1S/C47H61N7O11/c1-28(55)25-30(45(62)64-2)13-3-8-19-36-40(56)26-29(14-11-23-50-46(48)49)41(57)52-38(44(60)61)21-10-9-20-37(43(59)54-24-12-22-39(54)42(58)51-36)53-47(63)65-27-35-33-17-6-4-15-31(33)32-16-5-7-18-34(32)35/h3-8,15-18,29-30,35-39H,9-14,19-27H2,1-2H3,(H,51,58)(H,52,57)(H,53,63)(H,60,61)(H4,48,49,50)/p-1/t29-,30-,36+,37+,38+,39?/m1/s1. The van der Waals surface area contributed by atoms with Crippen LogP contribution in [0.3, 0.4) is 0 Å². The van der Waals surface area contributed by atoms with Gasteiger partial charge in [-0.2, -0.15) is 0 Å². The van der Waals surface area contributed by atoms with Gasteiger partial charge in [-0.15, -0.1) is 0 Å². The number of ether oxygens (including phenoxy) is 2. The molecule has 7 N–H and O–H groups in total. The molecule has 3 aliphatic rings. The minimum Gasteiger partial charge on any atom is -0.599 e. The molecule has 2 heterocycles. The van der Waals surface area contributed by atoms with E-state index in [1.807, 2.05) is 48.5 Å². The summed E-state index contributed by atoms with van der Waals surface area (Å²) in [5.41, 5.74) is 15.0. The summed E-state index contributed by atoms with van der Waals surface area (Å²) in [5.74, 6) is -6.78. The fourth-order valence-corrected chi connectivity index (χ4v) is 8.79. The number of aliphatic carboxylic acids is 1. The average molecular weight is 899 g/mol. The van der Waals surface area contributed by atoms with Gasteiger partial charge < -0.3 is 51.5 Å². The molecule has 2 aromatic rings. The number of carboxylic acids is 1. The number of ketones is 2. The van der Waals surface area contributed by atoms with Gasteiger partial charge in [0.15, 0.2) is 11.7 Å². The molecule has 1 unspecified atom stereocenters. The second-order valence-corrected chi connectivity index (χ2v) is 16.8. The van der Waals surface area contributed by atoms with Crippen molar-refractivity contribution >= 4 is 53.3 Å². The van der Waals surface area contributed by atoms with Gasteiger partial charge in [-0.1, -0.05) is 73.5 Å². The predicted octanol–water partition coefficient (Wildman–Crippen LogP) is 2.25. The molecule has 2 fully saturated rings. The van der Waals surface area contributed by atoms with Crippen LogP contribution >= 0.6 is 0 Å². The summed E-state index contributed by atoms with van der Waals surface area (Å²) < 4.78 is 10.6. The van der Waals surface area contributed by atoms with E-state index < -0.39 is 77.5 Å². The number of hydrogen-bond acceptors (Lipinski definition) is 12. The smallest absolute Gasteiger partial charge is 0.326 e. The van der Waals surface area contributed by atoms with E-state index in [0.717, 1.165) is 22.3 Å². The van der Waals surface area contributed by atoms with Crippen LogP contribution in [0.5, 0.6) is 0 Å². The van der Waals surface area contributed by atoms with Gasteiger partial charge in [0.05, 0.1) is 19.1 Å². The normalized spacial score (nSPS) is 22.8. The maximum atomic E-state index is 14.4. The van der Waals surface area contributed by atoms with Crippen molar-refractivity contribution in [2.45, 2.75) is 114 Å². The molecule has 350 valence electrons. The number of esters is 1. The number of hydrogen-bond donors (Lipinski definition) is 5. The van der Waals surface area contributed by atoms with E-state index >= 15 is 0 Å². The number of nitrogens with one attached hydrogen (secondary N) is 2. The van der Waals surface area contributed by atoms with Gasteiger partial charge in [0.2, 0.25) is 17.7 Å². The first kappa shape index (κ1) is 49.4. The molecule has 0 spiro atoms. The molecule has 0 bridgehead atoms. The molecule has 18 nitrogen and oxygen atoms in total. The molecular weight excluding hydrogens is 839 g/mol. The molecule has 2 saturated heterocycles. The SMILES string of the molecule is COC(=O)[C@H](CC=CC[C@@H]1NC(=O)C2CCCN2C(=O)[C@@H](N=C([O-])OCC2c3ccccc3-c3ccccc32)CCCC[C@@H](C(=O)O)NC(=O)[C@H](CCCN=C(N)N)CC1=O)CC(C)=O. The minimum atomic E-state index is -1.35. The van der Waals surface area contributed by atoms with Crippen molar-refractivity contribution in [2.75, 3.05) is 26.8 Å². The number of nitrogens with two attached hydrogens (primary N) is 2. The largest absolute Gasteiger partial charge is 0.599 e. The van der Waals surface area contributed by atoms with Crippen LogP contribution in [-0.2, 0) is 43.0 Å². The van der Waals surface area contributed by atoms with Gasteiger partial charge >= 0.3 is 11.9 Å². The number of allylic oxidation sites excluding steroid dienone is 1. The van der Waals surface area contributed by atoms with E-state index in [1.54, 1.807) is 12.2 Å². The summed E-state index contributed by atoms with van der Waals surface area (Å²) in [6.07, 6.45) is 3.31. The third kappa shape index (κ3) is 13.7. The molecule has 5 rings (SSSR count). The summed E-state index contributed by atoms with van der Waals surface area (Å²) >= 11 is 0. The third-order valence-electron chi connectivity index (χ3n) is 12.1. The molecule has 6 atom stereocenters. The lowest BCUT2D eigenvalue weighted by Gasteiger charge is -2.29. The van der Waals surface area contributed by atoms with Crippen LogP contribution in [0, 0.1) is 11.8 Å². The van der Waals surface area contributed by atoms with Crippen molar-refractivity contribution in [3.05, 3.63) is 71.8 Å². The van der Waals surface area contributed by atoms with Crippen LogP contribution in [-0.4, -0.2) is 114 Å². The monoisotopic (exact) mass is 898 g/mol. The van der Waals surface area contributed by atoms with E-state index in [-0.39, 0.29) is 108 Å². The lowest BCUT2D eigenvalue weighted by molar-refractivity contribution is -0.251. The number of amides is 3. The molecule has 18 heteroatoms. The zero-order valence-corrected chi connectivity index (χ0v) is 36.9. The topological polar surface area (TPSA) is 285 Å². The van der Waals surface area contributed by atoms with Gasteiger partial charge in [-0.3, -0.25) is 34.0 Å². The molecule has 0 saturated carbocycles. The van der Waals surface area contributed by atoms with Crippen molar-refractivity contribution in [3.63, 3.8) is 0 Å². The number of methoxy groups -OCH3 is 1. The second kappa shape index (κ2) is 23.9. The summed E-state index contributed by atoms with van der Waals surface area (Å²) in [6, 6.07) is 10.8. The number of Topliss-reactive ketones (excluding diaryl/α,β-unsaturated/α-hetero) is 2. The Hall–Kier alpha value is -6.59. The number of carbonyl (C=O) groups is 7. The molecule has 0 aromatic heterocycles. The number of carboxylic acid groups (broad SMARTS) is 1. The van der Waals surface area contributed by atoms with Gasteiger partial charge in [0.1, 0.15) is 30.0 Å². The molecule has 65 heavy (non-hydrogen) atoms. The fraction of sp³-hybridized carbons (Fsp3) is 0.511. The Bertz CT molecular complexity index is 2110. The van der Waals surface area contributed by atoms with Crippen molar-refractivity contribution < 1.29 is 53.2 Å². The lowest BCUT2D eigenvalue weighted by atomic mass is 9.91. The molecule has 2 aliphatic heterocycles. The van der Waals surface area contributed by atoms with Gasteiger partial charge in [-0.25, -0.2) is 4.79 Å². The Balaban J connectivity index is 1.42. The second-order valence-electron chi connectivity index (χ2n) is 16.8. The number of nitrogens with zero attached hydrogens (tertiary/aromatic N) is 3. The van der Waals surface area contributed by atoms with Gasteiger partial charge in [0.25, 0.3) is 0 Å². The summed E-state index contributed by atoms with van der Waals surface area (Å²) in [4.78, 5) is 103. The maximum absolute atomic E-state index is 14.4. The Morgan fingerprint density at radius 1 is 0.938 bits per heavy atom. The summed E-state index contributed by atoms with van der Waals surface area (Å²) in [5, 5.41) is 29.0. The van der Waals surface area contributed by atoms with Crippen LogP contribution < -0.4 is 27.2 Å². The molecule has 0 radical (unpaired) electrons. The fourth-order valence-electron chi connectivity index (χ4n) is 8.79. The van der Waals surface area contributed by atoms with E-state index in [2.05, 4.69) is 20.6 Å². The Morgan fingerprint density at radius 2 is 1.62 bits per heavy atom. The zero-order valence-electron chi connectivity index (χ0n) is 36.9. The summed E-state index contributed by atoms with van der Waals surface area (Å²) in [6.45, 7) is 1.63. The number of guanidine groups is 1. The van der Waals surface area contributed by atoms with Crippen LogP contribution in [0.1, 0.15) is 101 Å². The lowest BCUT2D eigenvalue weighted by Crippen LogP contribution is -2.53. The number of carbonyl (C=O) groups excluding carboxylic acids is 6. The Morgan fingerprint density at radius 3 is 2.26 bits per heavy atom. The van der Waals surface area contributed by atoms with Crippen molar-refractivity contribution in [3.8, 4) is 11.1 Å². The quantitative estimate of drug-likeness (QED) is 0.0565. The highest BCUT2D eigenvalue weighted by atomic mass is 16.6. The van der Waals surface area contributed by atoms with E-state index in [1.165, 1.54) is 18.9 Å². The van der Waals surface area contributed by atoms with Gasteiger partial charge in [0, 0.05) is 44.4 Å². The van der Waals surface area contributed by atoms with E-state index in [9.17, 15) is 43.8 Å². The van der Waals surface area contributed by atoms with Crippen LogP contribution in [0.15, 0.2) is 70.7 Å². The van der Waals surface area contributed by atoms with E-state index in [4.69, 9.17) is 20.9 Å². The highest BCUT2D eigenvalue weighted by Gasteiger charge is 2.39. The first-order chi connectivity index (χ1) is 31.2. The van der Waals surface area contributed by atoms with Crippen molar-refractivity contribution in [2.24, 2.45) is 33.3 Å². The highest BCUT2D eigenvalue weighted by Crippen LogP contribution is 2.44. The Kier molecular flexibility index (Phi) is 18.2. The predicted molar refractivity (Wildman–Crippen MR) is 238 cm³/mol. The average Bonchev–Trinajstić information content (AvgIpc) is 3.90. The number of rotatable bonds is 15. The zero-order chi connectivity index (χ0) is 47.0. The minimum absolute atomic E-state index is 0.0175. The molecular formula is C47H60N7O11-. The molecule has 1 aliphatic carbocycles. The first-order valence-corrected chi connectivity index (χ1v) is 22.2. The highest BCUT2D eigenvalue weighted by molar-refractivity contribution is 5.96. The van der Waals surface area contributed by atoms with Gasteiger partial charge in [-0.05, 0) is 80.5 Å². The maximum Gasteiger partial charge on any atom is 0.326 e. The molecule has 3 amide bonds. The van der Waals surface area contributed by atoms with Crippen molar-refractivity contribution in [1.82, 2.24) is 15.5 Å². The molecule has 2 aromatic carbocycles.